The summed E-state index contributed by atoms with van der Waals surface area (Å²) in [5.41, 5.74) is 2.46. The molecule has 6 heteroatoms. The highest BCUT2D eigenvalue weighted by Gasteiger charge is 2.33. The number of aromatic nitrogens is 2. The van der Waals surface area contributed by atoms with Crippen molar-refractivity contribution < 1.29 is 9.53 Å². The minimum Gasteiger partial charge on any atom is -0.379 e. The minimum absolute atomic E-state index is 0.00829. The topological polar surface area (TPSA) is 79.0 Å². The highest BCUT2D eigenvalue weighted by Crippen LogP contribution is 2.20. The van der Waals surface area contributed by atoms with Gasteiger partial charge in [0.1, 0.15) is 0 Å². The second-order valence-corrected chi connectivity index (χ2v) is 4.61. The Morgan fingerprint density at radius 3 is 2.89 bits per heavy atom. The van der Waals surface area contributed by atoms with E-state index in [9.17, 15) is 4.79 Å². The first kappa shape index (κ1) is 13.0. The third kappa shape index (κ3) is 2.54. The number of aryl methyl sites for hydroxylation is 2. The standard InChI is InChI=1S/C12H20N4O2/c1-4-13-10-6-18-5-9(10)12(17)14-11-7(2)15-16-8(11)3/h9-10,13H,4-6H2,1-3H3,(H,14,17)(H,15,16). The molecule has 1 saturated heterocycles. The molecule has 2 unspecified atom stereocenters. The van der Waals surface area contributed by atoms with Gasteiger partial charge in [-0.2, -0.15) is 5.10 Å². The molecule has 18 heavy (non-hydrogen) atoms. The molecule has 0 saturated carbocycles. The average molecular weight is 252 g/mol. The first-order chi connectivity index (χ1) is 8.63. The van der Waals surface area contributed by atoms with Gasteiger partial charge in [0.05, 0.1) is 36.2 Å². The van der Waals surface area contributed by atoms with Crippen molar-refractivity contribution in [2.24, 2.45) is 5.92 Å². The lowest BCUT2D eigenvalue weighted by Crippen LogP contribution is -2.41. The van der Waals surface area contributed by atoms with Gasteiger partial charge in [0.15, 0.2) is 0 Å². The highest BCUT2D eigenvalue weighted by molar-refractivity contribution is 5.94. The van der Waals surface area contributed by atoms with Gasteiger partial charge >= 0.3 is 0 Å². The zero-order chi connectivity index (χ0) is 13.1. The van der Waals surface area contributed by atoms with Crippen molar-refractivity contribution >= 4 is 11.6 Å². The summed E-state index contributed by atoms with van der Waals surface area (Å²) in [5.74, 6) is -0.148. The van der Waals surface area contributed by atoms with Crippen LogP contribution in [-0.2, 0) is 9.53 Å². The molecule has 1 amide bonds. The van der Waals surface area contributed by atoms with Gasteiger partial charge in [-0.3, -0.25) is 9.89 Å². The average Bonchev–Trinajstić information content (AvgIpc) is 2.91. The van der Waals surface area contributed by atoms with E-state index in [0.29, 0.717) is 13.2 Å². The molecule has 0 radical (unpaired) electrons. The van der Waals surface area contributed by atoms with Gasteiger partial charge in [-0.15, -0.1) is 0 Å². The monoisotopic (exact) mass is 252 g/mol. The summed E-state index contributed by atoms with van der Waals surface area (Å²) < 4.78 is 5.38. The molecule has 1 aromatic heterocycles. The SMILES string of the molecule is CCNC1COCC1C(=O)Nc1c(C)n[nH]c1C. The molecule has 2 rings (SSSR count). The van der Waals surface area contributed by atoms with Crippen LogP contribution in [-0.4, -0.2) is 41.9 Å². The lowest BCUT2D eigenvalue weighted by Gasteiger charge is -2.17. The maximum Gasteiger partial charge on any atom is 0.231 e. The number of ether oxygens (including phenoxy) is 1. The summed E-state index contributed by atoms with van der Waals surface area (Å²) in [6, 6.07) is 0.0995. The number of likely N-dealkylation sites (N-methyl/N-ethyl adjacent to an activating group) is 1. The summed E-state index contributed by atoms with van der Waals surface area (Å²) >= 11 is 0. The van der Waals surface area contributed by atoms with Crippen molar-refractivity contribution in [2.75, 3.05) is 25.1 Å². The van der Waals surface area contributed by atoms with E-state index in [1.807, 2.05) is 20.8 Å². The van der Waals surface area contributed by atoms with Crippen LogP contribution in [0.4, 0.5) is 5.69 Å². The zero-order valence-corrected chi connectivity index (χ0v) is 11.0. The number of nitrogens with one attached hydrogen (secondary N) is 3. The molecule has 2 heterocycles. The van der Waals surface area contributed by atoms with Crippen LogP contribution < -0.4 is 10.6 Å². The lowest BCUT2D eigenvalue weighted by atomic mass is 10.0. The second kappa shape index (κ2) is 5.49. The first-order valence-electron chi connectivity index (χ1n) is 6.27. The van der Waals surface area contributed by atoms with E-state index in [1.165, 1.54) is 0 Å². The number of amides is 1. The summed E-state index contributed by atoms with van der Waals surface area (Å²) in [6.07, 6.45) is 0. The van der Waals surface area contributed by atoms with Gasteiger partial charge in [0.25, 0.3) is 0 Å². The number of carbonyl (C=O) groups excluding carboxylic acids is 1. The minimum atomic E-state index is -0.140. The molecule has 0 aromatic carbocycles. The first-order valence-corrected chi connectivity index (χ1v) is 6.27. The third-order valence-corrected chi connectivity index (χ3v) is 3.26. The van der Waals surface area contributed by atoms with Gasteiger partial charge in [-0.25, -0.2) is 0 Å². The van der Waals surface area contributed by atoms with Gasteiger partial charge < -0.3 is 15.4 Å². The molecule has 1 aromatic rings. The van der Waals surface area contributed by atoms with Crippen LogP contribution in [0.5, 0.6) is 0 Å². The largest absolute Gasteiger partial charge is 0.379 e. The molecule has 1 aliphatic heterocycles. The van der Waals surface area contributed by atoms with Crippen LogP contribution in [0.1, 0.15) is 18.3 Å². The van der Waals surface area contributed by atoms with Crippen molar-refractivity contribution in [3.63, 3.8) is 0 Å². The fraction of sp³-hybridized carbons (Fsp3) is 0.667. The fourth-order valence-corrected chi connectivity index (χ4v) is 2.23. The van der Waals surface area contributed by atoms with Crippen LogP contribution in [0.3, 0.4) is 0 Å². The fourth-order valence-electron chi connectivity index (χ4n) is 2.23. The van der Waals surface area contributed by atoms with E-state index in [2.05, 4.69) is 20.8 Å². The van der Waals surface area contributed by atoms with E-state index in [4.69, 9.17) is 4.74 Å². The Morgan fingerprint density at radius 2 is 2.28 bits per heavy atom. The van der Waals surface area contributed by atoms with Crippen LogP contribution in [0.25, 0.3) is 0 Å². The Balaban J connectivity index is 2.03. The number of carbonyl (C=O) groups is 1. The number of H-pyrrole nitrogens is 1. The summed E-state index contributed by atoms with van der Waals surface area (Å²) in [4.78, 5) is 12.2. The van der Waals surface area contributed by atoms with E-state index in [0.717, 1.165) is 23.6 Å². The highest BCUT2D eigenvalue weighted by atomic mass is 16.5. The van der Waals surface area contributed by atoms with E-state index >= 15 is 0 Å². The van der Waals surface area contributed by atoms with Crippen molar-refractivity contribution in [3.05, 3.63) is 11.4 Å². The number of aromatic amines is 1. The summed E-state index contributed by atoms with van der Waals surface area (Å²) in [5, 5.41) is 13.1. The number of hydrogen-bond donors (Lipinski definition) is 3. The molecule has 1 fully saturated rings. The molecule has 6 nitrogen and oxygen atoms in total. The smallest absolute Gasteiger partial charge is 0.231 e. The van der Waals surface area contributed by atoms with Crippen LogP contribution in [0.15, 0.2) is 0 Å². The maximum atomic E-state index is 12.2. The number of rotatable bonds is 4. The molecule has 100 valence electrons. The number of hydrogen-bond acceptors (Lipinski definition) is 4. The van der Waals surface area contributed by atoms with Gasteiger partial charge in [0, 0.05) is 6.04 Å². The summed E-state index contributed by atoms with van der Waals surface area (Å²) in [7, 11) is 0. The molecular weight excluding hydrogens is 232 g/mol. The molecule has 3 N–H and O–H groups in total. The van der Waals surface area contributed by atoms with Crippen LogP contribution in [0.2, 0.25) is 0 Å². The van der Waals surface area contributed by atoms with Gasteiger partial charge in [-0.05, 0) is 20.4 Å². The predicted molar refractivity (Wildman–Crippen MR) is 68.5 cm³/mol. The van der Waals surface area contributed by atoms with Crippen LogP contribution in [0, 0.1) is 19.8 Å². The van der Waals surface area contributed by atoms with Crippen molar-refractivity contribution in [1.82, 2.24) is 15.5 Å². The van der Waals surface area contributed by atoms with E-state index < -0.39 is 0 Å². The molecule has 2 atom stereocenters. The van der Waals surface area contributed by atoms with Crippen molar-refractivity contribution in [3.8, 4) is 0 Å². The molecule has 0 bridgehead atoms. The zero-order valence-electron chi connectivity index (χ0n) is 11.0. The Morgan fingerprint density at radius 1 is 1.50 bits per heavy atom. The third-order valence-electron chi connectivity index (χ3n) is 3.26. The number of anilines is 1. The van der Waals surface area contributed by atoms with Crippen LogP contribution >= 0.6 is 0 Å². The molecule has 0 aliphatic carbocycles. The van der Waals surface area contributed by atoms with E-state index in [-0.39, 0.29) is 17.9 Å². The van der Waals surface area contributed by atoms with E-state index in [1.54, 1.807) is 0 Å². The predicted octanol–water partition coefficient (Wildman–Crippen LogP) is 0.590. The molecule has 0 spiro atoms. The summed E-state index contributed by atoms with van der Waals surface area (Å²) in [6.45, 7) is 7.68. The Kier molecular flexibility index (Phi) is 3.98. The Labute approximate surface area is 106 Å². The normalized spacial score (nSPS) is 23.3. The van der Waals surface area contributed by atoms with Crippen molar-refractivity contribution in [1.29, 1.82) is 0 Å². The Hall–Kier alpha value is -1.40. The molecular formula is C12H20N4O2. The Bertz CT molecular complexity index is 410. The van der Waals surface area contributed by atoms with Gasteiger partial charge in [-0.1, -0.05) is 6.92 Å². The number of nitrogens with zero attached hydrogens (tertiary/aromatic N) is 1. The van der Waals surface area contributed by atoms with Gasteiger partial charge in [0.2, 0.25) is 5.91 Å². The maximum absolute atomic E-state index is 12.2. The van der Waals surface area contributed by atoms with Crippen molar-refractivity contribution in [2.45, 2.75) is 26.8 Å². The second-order valence-electron chi connectivity index (χ2n) is 4.61. The quantitative estimate of drug-likeness (QED) is 0.733. The molecule has 1 aliphatic rings. The lowest BCUT2D eigenvalue weighted by molar-refractivity contribution is -0.120.